The molecule has 1 spiro atoms. The predicted octanol–water partition coefficient (Wildman–Crippen LogP) is 5.41. The van der Waals surface area contributed by atoms with Crippen LogP contribution in [0.1, 0.15) is 76.8 Å². The fourth-order valence-electron chi connectivity index (χ4n) is 7.64. The molecule has 5 rings (SSSR count). The molecule has 1 heterocycles. The second-order valence-corrected chi connectivity index (χ2v) is 13.7. The number of likely N-dealkylation sites (tertiary alicyclic amines) is 1. The first-order chi connectivity index (χ1) is 18.0. The van der Waals surface area contributed by atoms with Crippen molar-refractivity contribution in [2.45, 2.75) is 77.7 Å². The molecular weight excluding hydrogens is 479 g/mol. The summed E-state index contributed by atoms with van der Waals surface area (Å²) in [4.78, 5) is 29.0. The number of ether oxygens (including phenoxy) is 1. The predicted molar refractivity (Wildman–Crippen MR) is 148 cm³/mol. The summed E-state index contributed by atoms with van der Waals surface area (Å²) < 4.78 is 20.9. The fraction of sp³-hybridized carbons (Fsp3) is 0.688. The number of nitrogens with two attached hydrogens (primary N) is 1. The van der Waals surface area contributed by atoms with E-state index in [2.05, 4.69) is 18.0 Å². The van der Waals surface area contributed by atoms with Crippen LogP contribution in [0.2, 0.25) is 0 Å². The molecule has 1 saturated heterocycles. The first-order valence-corrected chi connectivity index (χ1v) is 14.6. The van der Waals surface area contributed by atoms with E-state index in [1.54, 1.807) is 6.07 Å². The van der Waals surface area contributed by atoms with Crippen LogP contribution in [0.5, 0.6) is 0 Å². The van der Waals surface area contributed by atoms with Crippen molar-refractivity contribution in [1.29, 1.82) is 0 Å². The average molecular weight is 525 g/mol. The Morgan fingerprint density at radius 1 is 1.16 bits per heavy atom. The number of allylic oxidation sites excluding steroid dienone is 2. The summed E-state index contributed by atoms with van der Waals surface area (Å²) in [6.07, 6.45) is 9.39. The Hall–Kier alpha value is -2.05. The number of benzene rings is 1. The van der Waals surface area contributed by atoms with Crippen molar-refractivity contribution >= 4 is 17.3 Å². The lowest BCUT2D eigenvalue weighted by atomic mass is 9.64. The number of halogens is 1. The second-order valence-electron chi connectivity index (χ2n) is 13.7. The molecule has 2 N–H and O–H groups in total. The van der Waals surface area contributed by atoms with Gasteiger partial charge in [0.1, 0.15) is 17.2 Å². The molecule has 208 valence electrons. The minimum absolute atomic E-state index is 0.101. The third kappa shape index (κ3) is 5.62. The Morgan fingerprint density at radius 2 is 1.82 bits per heavy atom. The van der Waals surface area contributed by atoms with E-state index in [4.69, 9.17) is 10.5 Å². The third-order valence-corrected chi connectivity index (χ3v) is 9.73. The van der Waals surface area contributed by atoms with Crippen molar-refractivity contribution in [3.63, 3.8) is 0 Å². The summed E-state index contributed by atoms with van der Waals surface area (Å²) in [5.74, 6) is -0.648. The number of carbonyl (C=O) groups is 2. The lowest BCUT2D eigenvalue weighted by Crippen LogP contribution is -2.40. The fourth-order valence-corrected chi connectivity index (χ4v) is 7.64. The van der Waals surface area contributed by atoms with Crippen LogP contribution in [0.3, 0.4) is 0 Å². The Kier molecular flexibility index (Phi) is 7.60. The van der Waals surface area contributed by atoms with Crippen LogP contribution < -0.4 is 5.73 Å². The van der Waals surface area contributed by atoms with Crippen molar-refractivity contribution in [2.24, 2.45) is 40.7 Å². The molecule has 3 fully saturated rings. The van der Waals surface area contributed by atoms with Crippen LogP contribution >= 0.6 is 0 Å². The highest BCUT2D eigenvalue weighted by Crippen LogP contribution is 2.54. The third-order valence-electron chi connectivity index (χ3n) is 9.73. The van der Waals surface area contributed by atoms with Gasteiger partial charge in [-0.25, -0.2) is 4.39 Å². The molecule has 5 nitrogen and oxygen atoms in total. The maximum atomic E-state index is 15.2. The Labute approximate surface area is 227 Å². The van der Waals surface area contributed by atoms with E-state index in [1.165, 1.54) is 18.4 Å². The minimum atomic E-state index is -0.570. The first-order valence-electron chi connectivity index (χ1n) is 14.6. The molecule has 2 bridgehead atoms. The van der Waals surface area contributed by atoms with E-state index < -0.39 is 5.60 Å². The van der Waals surface area contributed by atoms with E-state index in [-0.39, 0.29) is 53.6 Å². The van der Waals surface area contributed by atoms with E-state index in [0.717, 1.165) is 44.3 Å². The molecule has 1 aromatic carbocycles. The number of hydrogen-bond donors (Lipinski definition) is 1. The Balaban J connectivity index is 1.22. The van der Waals surface area contributed by atoms with Crippen LogP contribution in [-0.2, 0) is 20.7 Å². The normalized spacial score (nSPS) is 29.2. The summed E-state index contributed by atoms with van der Waals surface area (Å²) in [7, 11) is 2.17. The molecule has 0 aromatic heterocycles. The smallest absolute Gasteiger partial charge is 0.310 e. The number of nitrogens with zero attached hydrogens (tertiary/aromatic N) is 1. The number of Topliss-reactive ketones (excluding diaryl/α,β-unsaturated/α-hetero) is 1. The highest BCUT2D eigenvalue weighted by Gasteiger charge is 2.54. The zero-order valence-electron chi connectivity index (χ0n) is 23.6. The van der Waals surface area contributed by atoms with Crippen LogP contribution in [0, 0.1) is 40.8 Å². The summed E-state index contributed by atoms with van der Waals surface area (Å²) >= 11 is 0. The van der Waals surface area contributed by atoms with Gasteiger partial charge in [-0.3, -0.25) is 9.59 Å². The van der Waals surface area contributed by atoms with E-state index in [9.17, 15) is 9.59 Å². The molecule has 3 aliphatic carbocycles. The van der Waals surface area contributed by atoms with Gasteiger partial charge in [-0.05, 0) is 138 Å². The average Bonchev–Trinajstić information content (AvgIpc) is 3.45. The number of fused-ring (bicyclic) bond motifs is 2. The number of rotatable bonds is 8. The molecule has 2 saturated carbocycles. The van der Waals surface area contributed by atoms with Gasteiger partial charge < -0.3 is 15.4 Å². The summed E-state index contributed by atoms with van der Waals surface area (Å²) in [6, 6.07) is 5.56. The van der Waals surface area contributed by atoms with Gasteiger partial charge in [0.05, 0.1) is 5.92 Å². The van der Waals surface area contributed by atoms with E-state index in [1.807, 2.05) is 32.9 Å². The van der Waals surface area contributed by atoms with Crippen LogP contribution in [0.15, 0.2) is 24.3 Å². The molecule has 1 aromatic rings. The lowest BCUT2D eigenvalue weighted by Gasteiger charge is -2.45. The van der Waals surface area contributed by atoms with Crippen LogP contribution in [0.4, 0.5) is 4.39 Å². The van der Waals surface area contributed by atoms with Gasteiger partial charge in [-0.2, -0.15) is 0 Å². The monoisotopic (exact) mass is 524 g/mol. The second kappa shape index (κ2) is 10.5. The van der Waals surface area contributed by atoms with Crippen LogP contribution in [-0.4, -0.2) is 48.9 Å². The van der Waals surface area contributed by atoms with Crippen LogP contribution in [0.25, 0.3) is 5.57 Å². The standard InChI is InChI=1S/C32H45FN2O3/c1-31(2,3)38-30(37)29-24-8-7-23(15-24)28(29)27(36)14-20(19-34)13-22-6-5-21(16-26(22)33)25-17-32(18-25)9-11-35(4)12-10-32/h5-6,16-17,20,23-24,28-29H,7-15,18-19,34H2,1-4H3/t20-,23+,24-,28+,29?/m1/s1. The van der Waals surface area contributed by atoms with Gasteiger partial charge in [-0.1, -0.05) is 18.2 Å². The van der Waals surface area contributed by atoms with Gasteiger partial charge in [0.25, 0.3) is 0 Å². The molecule has 0 radical (unpaired) electrons. The number of hydrogen-bond acceptors (Lipinski definition) is 5. The van der Waals surface area contributed by atoms with Crippen molar-refractivity contribution in [3.05, 3.63) is 41.2 Å². The lowest BCUT2D eigenvalue weighted by molar-refractivity contribution is -0.165. The van der Waals surface area contributed by atoms with Gasteiger partial charge in [0.2, 0.25) is 0 Å². The zero-order valence-corrected chi connectivity index (χ0v) is 23.6. The molecule has 1 unspecified atom stereocenters. The molecule has 6 heteroatoms. The molecule has 4 aliphatic rings. The SMILES string of the molecule is CN1CCC2(C=C(c3ccc(C[C@@H](CN)CC(=O)[C@H]4C(C(=O)OC(C)(C)C)[C@@H]5CC[C@H]4C5)c(F)c3)C2)CC1. The topological polar surface area (TPSA) is 72.6 Å². The number of esters is 1. The van der Waals surface area contributed by atoms with E-state index in [0.29, 0.717) is 23.9 Å². The van der Waals surface area contributed by atoms with Gasteiger partial charge >= 0.3 is 5.97 Å². The number of ketones is 1. The largest absolute Gasteiger partial charge is 0.460 e. The summed E-state index contributed by atoms with van der Waals surface area (Å²) in [5.41, 5.74) is 8.65. The molecule has 0 amide bonds. The molecule has 38 heavy (non-hydrogen) atoms. The van der Waals surface area contributed by atoms with Gasteiger partial charge in [0, 0.05) is 12.3 Å². The highest BCUT2D eigenvalue weighted by molar-refractivity contribution is 5.88. The van der Waals surface area contributed by atoms with Crippen molar-refractivity contribution in [2.75, 3.05) is 26.7 Å². The van der Waals surface area contributed by atoms with Crippen molar-refractivity contribution in [3.8, 4) is 0 Å². The highest BCUT2D eigenvalue weighted by atomic mass is 19.1. The molecule has 5 atom stereocenters. The Morgan fingerprint density at radius 3 is 2.42 bits per heavy atom. The summed E-state index contributed by atoms with van der Waals surface area (Å²) in [6.45, 7) is 8.16. The molecule has 1 aliphatic heterocycles. The maximum Gasteiger partial charge on any atom is 0.310 e. The zero-order chi connectivity index (χ0) is 27.2. The minimum Gasteiger partial charge on any atom is -0.460 e. The number of carbonyl (C=O) groups excluding carboxylic acids is 2. The van der Waals surface area contributed by atoms with Gasteiger partial charge in [-0.15, -0.1) is 0 Å². The summed E-state index contributed by atoms with van der Waals surface area (Å²) in [5, 5.41) is 0. The van der Waals surface area contributed by atoms with Crippen molar-refractivity contribution in [1.82, 2.24) is 4.90 Å². The first kappa shape index (κ1) is 27.5. The number of piperidine rings is 1. The van der Waals surface area contributed by atoms with Gasteiger partial charge in [0.15, 0.2) is 0 Å². The Bertz CT molecular complexity index is 1100. The van der Waals surface area contributed by atoms with Crippen molar-refractivity contribution < 1.29 is 18.7 Å². The molecular formula is C32H45FN2O3. The maximum absolute atomic E-state index is 15.2. The quantitative estimate of drug-likeness (QED) is 0.461. The van der Waals surface area contributed by atoms with E-state index >= 15 is 4.39 Å².